The monoisotopic (exact) mass is 228 g/mol. The van der Waals surface area contributed by atoms with Crippen molar-refractivity contribution in [3.05, 3.63) is 12.2 Å². The summed E-state index contributed by atoms with van der Waals surface area (Å²) in [6, 6.07) is 0. The summed E-state index contributed by atoms with van der Waals surface area (Å²) >= 11 is 0. The van der Waals surface area contributed by atoms with E-state index >= 15 is 0 Å². The Bertz CT molecular complexity index is 186. The minimum absolute atomic E-state index is 0.00251. The normalized spacial score (nSPS) is 23.8. The fourth-order valence-electron chi connectivity index (χ4n) is 1.76. The second-order valence-corrected chi connectivity index (χ2v) is 4.24. The Kier molecular flexibility index (Phi) is 7.47. The second kappa shape index (κ2) is 8.74. The molecule has 0 radical (unpaired) electrons. The van der Waals surface area contributed by atoms with Crippen molar-refractivity contribution < 1.29 is 14.6 Å². The number of rotatable bonds is 7. The summed E-state index contributed by atoms with van der Waals surface area (Å²) in [5.74, 6) is 0. The minimum Gasteiger partial charge on any atom is -0.389 e. The molecule has 1 aliphatic heterocycles. The van der Waals surface area contributed by atoms with E-state index in [0.29, 0.717) is 6.61 Å². The van der Waals surface area contributed by atoms with E-state index in [0.717, 1.165) is 38.7 Å². The number of aliphatic hydroxyl groups is 1. The first-order chi connectivity index (χ1) is 7.83. The minimum atomic E-state index is -0.295. The first-order valence-corrected chi connectivity index (χ1v) is 6.41. The molecule has 2 unspecified atom stereocenters. The van der Waals surface area contributed by atoms with Crippen molar-refractivity contribution in [2.75, 3.05) is 13.2 Å². The van der Waals surface area contributed by atoms with Crippen LogP contribution in [0, 0.1) is 0 Å². The van der Waals surface area contributed by atoms with Gasteiger partial charge in [0, 0.05) is 6.61 Å². The maximum atomic E-state index is 9.44. The van der Waals surface area contributed by atoms with Gasteiger partial charge in [-0.1, -0.05) is 25.5 Å². The maximum Gasteiger partial charge on any atom is 0.157 e. The third kappa shape index (κ3) is 6.26. The molecular weight excluding hydrogens is 204 g/mol. The van der Waals surface area contributed by atoms with Crippen LogP contribution in [-0.4, -0.2) is 30.7 Å². The Morgan fingerprint density at radius 1 is 1.50 bits per heavy atom. The highest BCUT2D eigenvalue weighted by molar-refractivity contribution is 4.88. The van der Waals surface area contributed by atoms with Gasteiger partial charge in [0.2, 0.25) is 0 Å². The number of hydrogen-bond acceptors (Lipinski definition) is 3. The van der Waals surface area contributed by atoms with Crippen LogP contribution in [0.3, 0.4) is 0 Å². The molecule has 1 aliphatic rings. The van der Waals surface area contributed by atoms with Crippen LogP contribution in [0.5, 0.6) is 0 Å². The van der Waals surface area contributed by atoms with E-state index in [-0.39, 0.29) is 12.4 Å². The van der Waals surface area contributed by atoms with Crippen LogP contribution in [0.4, 0.5) is 0 Å². The third-order valence-electron chi connectivity index (χ3n) is 2.67. The summed E-state index contributed by atoms with van der Waals surface area (Å²) < 4.78 is 11.0. The Morgan fingerprint density at radius 3 is 3.06 bits per heavy atom. The SMILES string of the molecule is CCCC(O)C=CCCOC1CCCCO1. The van der Waals surface area contributed by atoms with Crippen molar-refractivity contribution in [1.82, 2.24) is 0 Å². The van der Waals surface area contributed by atoms with Gasteiger partial charge in [-0.05, 0) is 32.1 Å². The molecule has 0 aromatic heterocycles. The maximum absolute atomic E-state index is 9.44. The van der Waals surface area contributed by atoms with E-state index in [4.69, 9.17) is 9.47 Å². The highest BCUT2D eigenvalue weighted by Gasteiger charge is 2.12. The third-order valence-corrected chi connectivity index (χ3v) is 2.67. The van der Waals surface area contributed by atoms with Crippen LogP contribution < -0.4 is 0 Å². The zero-order valence-corrected chi connectivity index (χ0v) is 10.2. The molecule has 0 aromatic carbocycles. The second-order valence-electron chi connectivity index (χ2n) is 4.24. The molecule has 0 amide bonds. The zero-order chi connectivity index (χ0) is 11.6. The van der Waals surface area contributed by atoms with Crippen LogP contribution in [0.25, 0.3) is 0 Å². The molecule has 16 heavy (non-hydrogen) atoms. The van der Waals surface area contributed by atoms with Crippen LogP contribution in [0.2, 0.25) is 0 Å². The average Bonchev–Trinajstić information content (AvgIpc) is 2.30. The Hall–Kier alpha value is -0.380. The number of ether oxygens (including phenoxy) is 2. The van der Waals surface area contributed by atoms with E-state index in [1.54, 1.807) is 0 Å². The Labute approximate surface area is 98.4 Å². The largest absolute Gasteiger partial charge is 0.389 e. The first-order valence-electron chi connectivity index (χ1n) is 6.41. The highest BCUT2D eigenvalue weighted by atomic mass is 16.7. The van der Waals surface area contributed by atoms with Gasteiger partial charge in [-0.2, -0.15) is 0 Å². The molecule has 0 bridgehead atoms. The quantitative estimate of drug-likeness (QED) is 0.538. The standard InChI is InChI=1S/C13H24O3/c1-2-7-12(14)8-3-5-10-15-13-9-4-6-11-16-13/h3,8,12-14H,2,4-7,9-11H2,1H3. The zero-order valence-electron chi connectivity index (χ0n) is 10.2. The van der Waals surface area contributed by atoms with E-state index in [9.17, 15) is 5.11 Å². The van der Waals surface area contributed by atoms with Gasteiger partial charge in [0.1, 0.15) is 0 Å². The Balaban J connectivity index is 1.97. The molecule has 1 N–H and O–H groups in total. The van der Waals surface area contributed by atoms with Gasteiger partial charge in [-0.15, -0.1) is 0 Å². The summed E-state index contributed by atoms with van der Waals surface area (Å²) in [5, 5.41) is 9.44. The van der Waals surface area contributed by atoms with Crippen LogP contribution >= 0.6 is 0 Å². The Morgan fingerprint density at radius 2 is 2.38 bits per heavy atom. The van der Waals surface area contributed by atoms with Gasteiger partial charge in [-0.25, -0.2) is 0 Å². The summed E-state index contributed by atoms with van der Waals surface area (Å²) in [6.45, 7) is 3.58. The van der Waals surface area contributed by atoms with Gasteiger partial charge in [0.05, 0.1) is 12.7 Å². The smallest absolute Gasteiger partial charge is 0.157 e. The lowest BCUT2D eigenvalue weighted by molar-refractivity contribution is -0.161. The molecule has 94 valence electrons. The van der Waals surface area contributed by atoms with Crippen LogP contribution in [0.15, 0.2) is 12.2 Å². The number of hydrogen-bond donors (Lipinski definition) is 1. The molecule has 1 fully saturated rings. The lowest BCUT2D eigenvalue weighted by atomic mass is 10.2. The van der Waals surface area contributed by atoms with Crippen molar-refractivity contribution >= 4 is 0 Å². The molecule has 0 saturated carbocycles. The lowest BCUT2D eigenvalue weighted by Gasteiger charge is -2.22. The van der Waals surface area contributed by atoms with E-state index in [1.807, 2.05) is 12.2 Å². The molecular formula is C13H24O3. The molecule has 3 nitrogen and oxygen atoms in total. The predicted molar refractivity (Wildman–Crippen MR) is 64.2 cm³/mol. The summed E-state index contributed by atoms with van der Waals surface area (Å²) in [6.07, 6.45) is 9.62. The van der Waals surface area contributed by atoms with Gasteiger partial charge in [0.15, 0.2) is 6.29 Å². The molecule has 1 heterocycles. The molecule has 1 saturated heterocycles. The topological polar surface area (TPSA) is 38.7 Å². The van der Waals surface area contributed by atoms with E-state index < -0.39 is 0 Å². The van der Waals surface area contributed by atoms with Crippen molar-refractivity contribution in [3.8, 4) is 0 Å². The summed E-state index contributed by atoms with van der Waals surface area (Å²) in [5.41, 5.74) is 0. The van der Waals surface area contributed by atoms with Crippen molar-refractivity contribution in [3.63, 3.8) is 0 Å². The summed E-state index contributed by atoms with van der Waals surface area (Å²) in [4.78, 5) is 0. The van der Waals surface area contributed by atoms with Gasteiger partial charge < -0.3 is 14.6 Å². The summed E-state index contributed by atoms with van der Waals surface area (Å²) in [7, 11) is 0. The molecule has 0 aromatic rings. The van der Waals surface area contributed by atoms with Gasteiger partial charge >= 0.3 is 0 Å². The molecule has 2 atom stereocenters. The van der Waals surface area contributed by atoms with Gasteiger partial charge in [0.25, 0.3) is 0 Å². The predicted octanol–water partition coefficient (Wildman–Crippen LogP) is 2.64. The van der Waals surface area contributed by atoms with Crippen molar-refractivity contribution in [1.29, 1.82) is 0 Å². The van der Waals surface area contributed by atoms with Crippen LogP contribution in [-0.2, 0) is 9.47 Å². The van der Waals surface area contributed by atoms with E-state index in [1.165, 1.54) is 6.42 Å². The van der Waals surface area contributed by atoms with Crippen molar-refractivity contribution in [2.24, 2.45) is 0 Å². The molecule has 1 rings (SSSR count). The van der Waals surface area contributed by atoms with Gasteiger partial charge in [-0.3, -0.25) is 0 Å². The molecule has 3 heteroatoms. The van der Waals surface area contributed by atoms with E-state index in [2.05, 4.69) is 6.92 Å². The average molecular weight is 228 g/mol. The first kappa shape index (κ1) is 13.7. The molecule has 0 spiro atoms. The fraction of sp³-hybridized carbons (Fsp3) is 0.846. The lowest BCUT2D eigenvalue weighted by Crippen LogP contribution is -2.22. The highest BCUT2D eigenvalue weighted by Crippen LogP contribution is 2.13. The van der Waals surface area contributed by atoms with Crippen molar-refractivity contribution in [2.45, 2.75) is 57.8 Å². The van der Waals surface area contributed by atoms with Crippen LogP contribution in [0.1, 0.15) is 45.4 Å². The molecule has 0 aliphatic carbocycles. The number of aliphatic hydroxyl groups excluding tert-OH is 1. The fourth-order valence-corrected chi connectivity index (χ4v) is 1.76.